The first-order valence-corrected chi connectivity index (χ1v) is 8.70. The first kappa shape index (κ1) is 17.2. The highest BCUT2D eigenvalue weighted by Crippen LogP contribution is 2.22. The van der Waals surface area contributed by atoms with Crippen molar-refractivity contribution in [2.75, 3.05) is 13.1 Å². The molecule has 2 heterocycles. The monoisotopic (exact) mass is 341 g/mol. The molecule has 1 aliphatic heterocycles. The van der Waals surface area contributed by atoms with E-state index in [0.717, 1.165) is 32.4 Å². The van der Waals surface area contributed by atoms with Crippen LogP contribution in [0, 0.1) is 5.92 Å². The zero-order chi connectivity index (χ0) is 17.6. The van der Waals surface area contributed by atoms with E-state index in [1.165, 1.54) is 10.2 Å². The largest absolute Gasteiger partial charge is 0.481 e. The summed E-state index contributed by atoms with van der Waals surface area (Å²) in [5.41, 5.74) is 1.75. The summed E-state index contributed by atoms with van der Waals surface area (Å²) >= 11 is 0. The fourth-order valence-electron chi connectivity index (χ4n) is 3.26. The van der Waals surface area contributed by atoms with Crippen LogP contribution >= 0.6 is 0 Å². The molecule has 0 radical (unpaired) electrons. The maximum absolute atomic E-state index is 12.5. The van der Waals surface area contributed by atoms with Crippen LogP contribution in [-0.2, 0) is 17.8 Å². The normalized spacial score (nSPS) is 15.3. The standard InChI is InChI=1S/C19H23N3O3/c23-18(24)9-13-22-12-8-17(20-22)19(25)21-10-6-16(7-11-21)14-15-4-2-1-3-5-15/h1-5,8,12,16H,6-7,9-11,13-14H2,(H,23,24). The second-order valence-corrected chi connectivity index (χ2v) is 6.53. The minimum Gasteiger partial charge on any atom is -0.481 e. The third kappa shape index (κ3) is 4.68. The Morgan fingerprint density at radius 3 is 2.52 bits per heavy atom. The molecule has 132 valence electrons. The highest BCUT2D eigenvalue weighted by Gasteiger charge is 2.25. The maximum atomic E-state index is 12.5. The van der Waals surface area contributed by atoms with E-state index in [9.17, 15) is 9.59 Å². The van der Waals surface area contributed by atoms with E-state index in [4.69, 9.17) is 5.11 Å². The van der Waals surface area contributed by atoms with Crippen molar-refractivity contribution in [3.63, 3.8) is 0 Å². The summed E-state index contributed by atoms with van der Waals surface area (Å²) < 4.78 is 1.52. The van der Waals surface area contributed by atoms with Crippen LogP contribution < -0.4 is 0 Å². The number of aliphatic carboxylic acids is 1. The van der Waals surface area contributed by atoms with Gasteiger partial charge in [0.2, 0.25) is 0 Å². The third-order valence-corrected chi connectivity index (χ3v) is 4.68. The molecule has 0 saturated carbocycles. The van der Waals surface area contributed by atoms with Crippen LogP contribution in [0.4, 0.5) is 0 Å². The molecule has 6 heteroatoms. The fourth-order valence-corrected chi connectivity index (χ4v) is 3.26. The Bertz CT molecular complexity index is 719. The molecule has 1 saturated heterocycles. The smallest absolute Gasteiger partial charge is 0.305 e. The molecular formula is C19H23N3O3. The summed E-state index contributed by atoms with van der Waals surface area (Å²) in [6, 6.07) is 12.1. The van der Waals surface area contributed by atoms with E-state index in [2.05, 4.69) is 29.4 Å². The van der Waals surface area contributed by atoms with Gasteiger partial charge in [0.1, 0.15) is 5.69 Å². The van der Waals surface area contributed by atoms with Gasteiger partial charge in [-0.1, -0.05) is 30.3 Å². The molecule has 3 rings (SSSR count). The Balaban J connectivity index is 1.50. The molecule has 1 aliphatic rings. The van der Waals surface area contributed by atoms with Gasteiger partial charge in [-0.2, -0.15) is 5.10 Å². The number of nitrogens with zero attached hydrogens (tertiary/aromatic N) is 3. The Labute approximate surface area is 147 Å². The van der Waals surface area contributed by atoms with Gasteiger partial charge in [0, 0.05) is 19.3 Å². The molecule has 0 bridgehead atoms. The fraction of sp³-hybridized carbons (Fsp3) is 0.421. The predicted molar refractivity (Wildman–Crippen MR) is 93.3 cm³/mol. The number of carboxylic acids is 1. The van der Waals surface area contributed by atoms with Crippen molar-refractivity contribution in [1.29, 1.82) is 0 Å². The number of aromatic nitrogens is 2. The summed E-state index contributed by atoms with van der Waals surface area (Å²) in [5.74, 6) is -0.323. The highest BCUT2D eigenvalue weighted by atomic mass is 16.4. The first-order valence-electron chi connectivity index (χ1n) is 8.70. The Kier molecular flexibility index (Phi) is 5.48. The van der Waals surface area contributed by atoms with Crippen LogP contribution in [0.15, 0.2) is 42.6 Å². The molecule has 1 N–H and O–H groups in total. The van der Waals surface area contributed by atoms with Crippen LogP contribution in [0.2, 0.25) is 0 Å². The van der Waals surface area contributed by atoms with Crippen LogP contribution in [0.5, 0.6) is 0 Å². The zero-order valence-corrected chi connectivity index (χ0v) is 14.2. The number of carbonyl (C=O) groups is 2. The molecule has 1 aromatic carbocycles. The lowest BCUT2D eigenvalue weighted by molar-refractivity contribution is -0.137. The second-order valence-electron chi connectivity index (χ2n) is 6.53. The molecule has 25 heavy (non-hydrogen) atoms. The van der Waals surface area contributed by atoms with E-state index in [0.29, 0.717) is 11.6 Å². The number of hydrogen-bond donors (Lipinski definition) is 1. The van der Waals surface area contributed by atoms with E-state index in [-0.39, 0.29) is 18.9 Å². The average Bonchev–Trinajstić information content (AvgIpc) is 3.10. The number of rotatable bonds is 6. The van der Waals surface area contributed by atoms with E-state index in [1.807, 2.05) is 11.0 Å². The molecular weight excluding hydrogens is 318 g/mol. The molecule has 0 aliphatic carbocycles. The van der Waals surface area contributed by atoms with Gasteiger partial charge >= 0.3 is 5.97 Å². The average molecular weight is 341 g/mol. The quantitative estimate of drug-likeness (QED) is 0.876. The Morgan fingerprint density at radius 1 is 1.12 bits per heavy atom. The number of benzene rings is 1. The van der Waals surface area contributed by atoms with Gasteiger partial charge in [-0.25, -0.2) is 0 Å². The summed E-state index contributed by atoms with van der Waals surface area (Å²) in [6.45, 7) is 1.78. The minimum absolute atomic E-state index is 0.000189. The summed E-state index contributed by atoms with van der Waals surface area (Å²) in [5, 5.41) is 12.9. The van der Waals surface area contributed by atoms with Gasteiger partial charge in [-0.05, 0) is 36.8 Å². The molecule has 0 atom stereocenters. The van der Waals surface area contributed by atoms with E-state index < -0.39 is 5.97 Å². The number of amides is 1. The third-order valence-electron chi connectivity index (χ3n) is 4.68. The van der Waals surface area contributed by atoms with Gasteiger partial charge in [0.25, 0.3) is 5.91 Å². The minimum atomic E-state index is -0.871. The van der Waals surface area contributed by atoms with Crippen LogP contribution in [-0.4, -0.2) is 44.8 Å². The van der Waals surface area contributed by atoms with Gasteiger partial charge in [0.15, 0.2) is 0 Å². The lowest BCUT2D eigenvalue weighted by Gasteiger charge is -2.31. The van der Waals surface area contributed by atoms with Crippen LogP contribution in [0.25, 0.3) is 0 Å². The zero-order valence-electron chi connectivity index (χ0n) is 14.2. The summed E-state index contributed by atoms with van der Waals surface area (Å²) in [6.07, 6.45) is 4.73. The van der Waals surface area contributed by atoms with Crippen molar-refractivity contribution in [2.24, 2.45) is 5.92 Å². The van der Waals surface area contributed by atoms with Crippen molar-refractivity contribution in [1.82, 2.24) is 14.7 Å². The van der Waals surface area contributed by atoms with Gasteiger partial charge in [-0.3, -0.25) is 14.3 Å². The van der Waals surface area contributed by atoms with Crippen molar-refractivity contribution in [3.8, 4) is 0 Å². The molecule has 1 fully saturated rings. The van der Waals surface area contributed by atoms with Gasteiger partial charge < -0.3 is 10.0 Å². The van der Waals surface area contributed by atoms with Crippen molar-refractivity contribution in [2.45, 2.75) is 32.2 Å². The number of carbonyl (C=O) groups excluding carboxylic acids is 1. The predicted octanol–water partition coefficient (Wildman–Crippen LogP) is 2.45. The van der Waals surface area contributed by atoms with Gasteiger partial charge in [0.05, 0.1) is 13.0 Å². The number of aryl methyl sites for hydroxylation is 1. The topological polar surface area (TPSA) is 75.4 Å². The van der Waals surface area contributed by atoms with Crippen molar-refractivity contribution < 1.29 is 14.7 Å². The van der Waals surface area contributed by atoms with E-state index in [1.54, 1.807) is 12.3 Å². The second kappa shape index (κ2) is 7.96. The number of hydrogen-bond acceptors (Lipinski definition) is 3. The van der Waals surface area contributed by atoms with Crippen molar-refractivity contribution >= 4 is 11.9 Å². The van der Waals surface area contributed by atoms with Gasteiger partial charge in [-0.15, -0.1) is 0 Å². The highest BCUT2D eigenvalue weighted by molar-refractivity contribution is 5.92. The van der Waals surface area contributed by atoms with Crippen LogP contribution in [0.3, 0.4) is 0 Å². The van der Waals surface area contributed by atoms with E-state index >= 15 is 0 Å². The molecule has 0 unspecified atom stereocenters. The van der Waals surface area contributed by atoms with Crippen molar-refractivity contribution in [3.05, 3.63) is 53.9 Å². The molecule has 0 spiro atoms. The van der Waals surface area contributed by atoms with Crippen LogP contribution in [0.1, 0.15) is 35.3 Å². The Morgan fingerprint density at radius 2 is 1.84 bits per heavy atom. The summed E-state index contributed by atoms with van der Waals surface area (Å²) in [4.78, 5) is 25.0. The number of likely N-dealkylation sites (tertiary alicyclic amines) is 1. The lowest BCUT2D eigenvalue weighted by Crippen LogP contribution is -2.39. The Hall–Kier alpha value is -2.63. The molecule has 6 nitrogen and oxygen atoms in total. The number of piperidine rings is 1. The maximum Gasteiger partial charge on any atom is 0.305 e. The SMILES string of the molecule is O=C(O)CCn1ccc(C(=O)N2CCC(Cc3ccccc3)CC2)n1. The molecule has 2 aromatic rings. The lowest BCUT2D eigenvalue weighted by atomic mass is 9.90. The molecule has 1 aromatic heterocycles. The molecule has 1 amide bonds. The number of carboxylic acid groups (broad SMARTS) is 1. The summed E-state index contributed by atoms with van der Waals surface area (Å²) in [7, 11) is 0. The first-order chi connectivity index (χ1) is 12.1.